The summed E-state index contributed by atoms with van der Waals surface area (Å²) in [6.07, 6.45) is 3.86. The molecule has 0 aromatic heterocycles. The van der Waals surface area contributed by atoms with Gasteiger partial charge in [0.15, 0.2) is 0 Å². The molecule has 0 aliphatic carbocycles. The molecule has 0 amide bonds. The Kier molecular flexibility index (Phi) is 4.77. The van der Waals surface area contributed by atoms with Crippen molar-refractivity contribution in [2.45, 2.75) is 26.7 Å². The van der Waals surface area contributed by atoms with E-state index in [-0.39, 0.29) is 5.97 Å². The van der Waals surface area contributed by atoms with Gasteiger partial charge < -0.3 is 4.74 Å². The summed E-state index contributed by atoms with van der Waals surface area (Å²) < 4.78 is 4.84. The molecule has 0 aliphatic heterocycles. The van der Waals surface area contributed by atoms with Gasteiger partial charge >= 0.3 is 5.97 Å². The van der Waals surface area contributed by atoms with E-state index in [2.05, 4.69) is 26.0 Å². The number of hydrogen-bond donors (Lipinski definition) is 0. The largest absolute Gasteiger partial charge is 0.462 e. The lowest BCUT2D eigenvalue weighted by Gasteiger charge is -2.08. The van der Waals surface area contributed by atoms with Crippen molar-refractivity contribution in [3.63, 3.8) is 0 Å². The van der Waals surface area contributed by atoms with Gasteiger partial charge in [0, 0.05) is 6.92 Å². The maximum absolute atomic E-state index is 10.6. The van der Waals surface area contributed by atoms with E-state index in [1.165, 1.54) is 18.1 Å². The second kappa shape index (κ2) is 6.11. The maximum Gasteiger partial charge on any atom is 0.302 e. The lowest BCUT2D eigenvalue weighted by atomic mass is 9.97. The minimum absolute atomic E-state index is 0.248. The number of carbonyl (C=O) groups is 1. The molecule has 0 aliphatic rings. The summed E-state index contributed by atoms with van der Waals surface area (Å²) in [5.41, 5.74) is 2.49. The molecule has 0 atom stereocenters. The van der Waals surface area contributed by atoms with E-state index in [4.69, 9.17) is 4.74 Å². The molecule has 1 aromatic rings. The smallest absolute Gasteiger partial charge is 0.302 e. The van der Waals surface area contributed by atoms with E-state index < -0.39 is 0 Å². The van der Waals surface area contributed by atoms with Crippen molar-refractivity contribution in [2.75, 3.05) is 6.61 Å². The third kappa shape index (κ3) is 3.89. The van der Waals surface area contributed by atoms with Gasteiger partial charge in [0.1, 0.15) is 6.61 Å². The summed E-state index contributed by atoms with van der Waals surface area (Å²) in [4.78, 5) is 10.6. The van der Waals surface area contributed by atoms with E-state index in [9.17, 15) is 4.79 Å². The molecule has 2 heteroatoms. The molecule has 2 nitrogen and oxygen atoms in total. The Balaban J connectivity index is 2.69. The van der Waals surface area contributed by atoms with Crippen molar-refractivity contribution < 1.29 is 9.53 Å². The Labute approximate surface area is 96.9 Å². The molecule has 0 radical (unpaired) electrons. The van der Waals surface area contributed by atoms with Crippen LogP contribution in [0.1, 0.15) is 37.8 Å². The molecule has 1 aromatic carbocycles. The van der Waals surface area contributed by atoms with Crippen molar-refractivity contribution in [1.82, 2.24) is 0 Å². The predicted molar refractivity (Wildman–Crippen MR) is 66.2 cm³/mol. The average molecular weight is 218 g/mol. The van der Waals surface area contributed by atoms with Crippen LogP contribution in [0.2, 0.25) is 0 Å². The first-order chi connectivity index (χ1) is 7.61. The van der Waals surface area contributed by atoms with E-state index in [1.807, 2.05) is 24.3 Å². The number of ether oxygens (including phenoxy) is 1. The van der Waals surface area contributed by atoms with Crippen molar-refractivity contribution >= 4 is 12.0 Å². The molecule has 0 spiro atoms. The Morgan fingerprint density at radius 1 is 1.38 bits per heavy atom. The van der Waals surface area contributed by atoms with Crippen LogP contribution in [-0.2, 0) is 9.53 Å². The third-order valence-electron chi connectivity index (χ3n) is 2.30. The second-order valence-electron chi connectivity index (χ2n) is 3.99. The SMILES string of the molecule is CC(=O)OCC=Cc1ccccc1C(C)C. The third-order valence-corrected chi connectivity index (χ3v) is 2.30. The summed E-state index contributed by atoms with van der Waals surface area (Å²) in [6, 6.07) is 8.24. The van der Waals surface area contributed by atoms with E-state index >= 15 is 0 Å². The lowest BCUT2D eigenvalue weighted by Crippen LogP contribution is -1.97. The average Bonchev–Trinajstić information content (AvgIpc) is 2.24. The first-order valence-electron chi connectivity index (χ1n) is 5.50. The molecule has 0 saturated carbocycles. The highest BCUT2D eigenvalue weighted by molar-refractivity contribution is 5.66. The van der Waals surface area contributed by atoms with Crippen molar-refractivity contribution in [3.05, 3.63) is 41.5 Å². The molecule has 0 unspecified atom stereocenters. The molecule has 0 heterocycles. The molecular weight excluding hydrogens is 200 g/mol. The quantitative estimate of drug-likeness (QED) is 0.724. The highest BCUT2D eigenvalue weighted by Crippen LogP contribution is 2.20. The standard InChI is InChI=1S/C14H18O2/c1-11(2)14-9-5-4-7-13(14)8-6-10-16-12(3)15/h4-9,11H,10H2,1-3H3. The molecule has 0 bridgehead atoms. The van der Waals surface area contributed by atoms with Crippen LogP contribution in [0.25, 0.3) is 6.08 Å². The van der Waals surface area contributed by atoms with Crippen LogP contribution in [0.3, 0.4) is 0 Å². The molecule has 16 heavy (non-hydrogen) atoms. The Bertz CT molecular complexity index is 378. The van der Waals surface area contributed by atoms with Gasteiger partial charge in [-0.3, -0.25) is 4.79 Å². The van der Waals surface area contributed by atoms with Crippen LogP contribution in [0, 0.1) is 0 Å². The van der Waals surface area contributed by atoms with Gasteiger partial charge in [-0.15, -0.1) is 0 Å². The number of benzene rings is 1. The van der Waals surface area contributed by atoms with E-state index in [1.54, 1.807) is 0 Å². The lowest BCUT2D eigenvalue weighted by molar-refractivity contribution is -0.139. The zero-order valence-corrected chi connectivity index (χ0v) is 10.1. The number of esters is 1. The Morgan fingerprint density at radius 3 is 2.69 bits per heavy atom. The zero-order valence-electron chi connectivity index (χ0n) is 10.1. The van der Waals surface area contributed by atoms with Gasteiger partial charge in [0.25, 0.3) is 0 Å². The van der Waals surface area contributed by atoms with Gasteiger partial charge in [-0.2, -0.15) is 0 Å². The highest BCUT2D eigenvalue weighted by atomic mass is 16.5. The Hall–Kier alpha value is -1.57. The van der Waals surface area contributed by atoms with Crippen LogP contribution < -0.4 is 0 Å². The molecular formula is C14H18O2. The summed E-state index contributed by atoms with van der Waals surface area (Å²) in [5.74, 6) is 0.247. The van der Waals surface area contributed by atoms with Crippen molar-refractivity contribution in [2.24, 2.45) is 0 Å². The van der Waals surface area contributed by atoms with Crippen molar-refractivity contribution in [1.29, 1.82) is 0 Å². The summed E-state index contributed by atoms with van der Waals surface area (Å²) in [7, 11) is 0. The van der Waals surface area contributed by atoms with E-state index in [0.717, 1.165) is 0 Å². The van der Waals surface area contributed by atoms with Crippen LogP contribution in [-0.4, -0.2) is 12.6 Å². The van der Waals surface area contributed by atoms with Crippen LogP contribution in [0.15, 0.2) is 30.3 Å². The zero-order chi connectivity index (χ0) is 12.0. The highest BCUT2D eigenvalue weighted by Gasteiger charge is 2.02. The molecule has 0 fully saturated rings. The first-order valence-corrected chi connectivity index (χ1v) is 5.50. The summed E-state index contributed by atoms with van der Waals surface area (Å²) in [6.45, 7) is 6.08. The van der Waals surface area contributed by atoms with Gasteiger partial charge in [-0.1, -0.05) is 44.2 Å². The number of hydrogen-bond acceptors (Lipinski definition) is 2. The van der Waals surface area contributed by atoms with Crippen LogP contribution >= 0.6 is 0 Å². The fourth-order valence-corrected chi connectivity index (χ4v) is 1.53. The fourth-order valence-electron chi connectivity index (χ4n) is 1.53. The number of rotatable bonds is 4. The van der Waals surface area contributed by atoms with E-state index in [0.29, 0.717) is 12.5 Å². The van der Waals surface area contributed by atoms with Gasteiger partial charge in [0.2, 0.25) is 0 Å². The normalized spacial score (nSPS) is 11.0. The maximum atomic E-state index is 10.6. The van der Waals surface area contributed by atoms with Gasteiger partial charge in [0.05, 0.1) is 0 Å². The monoisotopic (exact) mass is 218 g/mol. The second-order valence-corrected chi connectivity index (χ2v) is 3.99. The minimum atomic E-state index is -0.248. The molecule has 86 valence electrons. The van der Waals surface area contributed by atoms with Gasteiger partial charge in [-0.05, 0) is 23.1 Å². The Morgan fingerprint density at radius 2 is 2.06 bits per heavy atom. The molecule has 0 N–H and O–H groups in total. The summed E-state index contributed by atoms with van der Waals surface area (Å²) in [5, 5.41) is 0. The molecule has 0 saturated heterocycles. The number of carbonyl (C=O) groups excluding carboxylic acids is 1. The minimum Gasteiger partial charge on any atom is -0.462 e. The first kappa shape index (κ1) is 12.5. The topological polar surface area (TPSA) is 26.3 Å². The fraction of sp³-hybridized carbons (Fsp3) is 0.357. The summed E-state index contributed by atoms with van der Waals surface area (Å²) >= 11 is 0. The van der Waals surface area contributed by atoms with Crippen molar-refractivity contribution in [3.8, 4) is 0 Å². The van der Waals surface area contributed by atoms with Gasteiger partial charge in [-0.25, -0.2) is 0 Å². The van der Waals surface area contributed by atoms with Crippen LogP contribution in [0.4, 0.5) is 0 Å². The molecule has 1 rings (SSSR count). The predicted octanol–water partition coefficient (Wildman–Crippen LogP) is 3.39. The van der Waals surface area contributed by atoms with Crippen LogP contribution in [0.5, 0.6) is 0 Å².